The van der Waals surface area contributed by atoms with Gasteiger partial charge in [-0.3, -0.25) is 14.4 Å². The first kappa shape index (κ1) is 31.3. The lowest BCUT2D eigenvalue weighted by atomic mass is 9.65. The summed E-state index contributed by atoms with van der Waals surface area (Å²) in [5, 5.41) is 10.2. The average Bonchev–Trinajstić information content (AvgIpc) is 3.46. The largest absolute Gasteiger partial charge is 0.465 e. The molecule has 0 aromatic rings. The van der Waals surface area contributed by atoms with Crippen LogP contribution in [0.1, 0.15) is 87.0 Å². The molecule has 3 saturated heterocycles. The maximum Gasteiger partial charge on any atom is 0.312 e. The van der Waals surface area contributed by atoms with Gasteiger partial charge >= 0.3 is 5.97 Å². The second-order valence-corrected chi connectivity index (χ2v) is 13.5. The van der Waals surface area contributed by atoms with Gasteiger partial charge in [0.25, 0.3) is 0 Å². The number of fused-ring (bicyclic) bond motifs is 1. The molecule has 3 heterocycles. The maximum atomic E-state index is 14.7. The lowest BCUT2D eigenvalue weighted by molar-refractivity contribution is -0.164. The van der Waals surface area contributed by atoms with Gasteiger partial charge in [-0.15, -0.1) is 13.2 Å². The molecule has 0 radical (unpaired) electrons. The van der Waals surface area contributed by atoms with Gasteiger partial charge in [0.2, 0.25) is 11.8 Å². The van der Waals surface area contributed by atoms with Gasteiger partial charge < -0.3 is 24.4 Å². The number of unbranched alkanes of at least 4 members (excludes halogenated alkanes) is 1. The molecule has 0 aliphatic carbocycles. The molecule has 39 heavy (non-hydrogen) atoms. The van der Waals surface area contributed by atoms with Crippen LogP contribution in [-0.4, -0.2) is 81.3 Å². The minimum Gasteiger partial charge on any atom is -0.465 e. The van der Waals surface area contributed by atoms with Crippen LogP contribution in [0.4, 0.5) is 0 Å². The Morgan fingerprint density at radius 1 is 1.23 bits per heavy atom. The fraction of sp³-hybridized carbons (Fsp3) is 0.774. The van der Waals surface area contributed by atoms with Crippen LogP contribution in [-0.2, 0) is 23.9 Å². The number of aliphatic hydroxyl groups is 1. The van der Waals surface area contributed by atoms with Crippen molar-refractivity contribution in [2.45, 2.75) is 116 Å². The monoisotopic (exact) mass is 546 g/mol. The van der Waals surface area contributed by atoms with E-state index < -0.39 is 46.6 Å². The molecule has 3 rings (SSSR count). The van der Waals surface area contributed by atoms with E-state index in [2.05, 4.69) is 33.9 Å². The number of nitrogens with zero attached hydrogens (tertiary/aromatic N) is 2. The first-order chi connectivity index (χ1) is 18.2. The lowest BCUT2D eigenvalue weighted by Crippen LogP contribution is -2.62. The Bertz CT molecular complexity index is 971. The van der Waals surface area contributed by atoms with Crippen LogP contribution in [0.5, 0.6) is 0 Å². The number of allylic oxidation sites excluding steroid dienone is 1. The SMILES string of the molecule is C=CCCCOC(=O)[C@H]1[C@H]2C(=O)N([C@H](C)CO)C(C(=O)N(CC=C)C(C)(C)CC(C)(C)C)C23CC[C@]1(CC)O3. The molecule has 8 nitrogen and oxygen atoms in total. The topological polar surface area (TPSA) is 96.4 Å². The number of amides is 2. The van der Waals surface area contributed by atoms with Gasteiger partial charge in [-0.05, 0) is 64.7 Å². The Hall–Kier alpha value is -2.19. The van der Waals surface area contributed by atoms with Crippen molar-refractivity contribution in [2.24, 2.45) is 17.3 Å². The molecule has 1 spiro atoms. The summed E-state index contributed by atoms with van der Waals surface area (Å²) in [6.07, 6.45) is 7.18. The third-order valence-corrected chi connectivity index (χ3v) is 8.91. The van der Waals surface area contributed by atoms with Crippen LogP contribution in [0.15, 0.2) is 25.3 Å². The molecule has 6 atom stereocenters. The van der Waals surface area contributed by atoms with E-state index in [1.54, 1.807) is 24.0 Å². The average molecular weight is 547 g/mol. The minimum atomic E-state index is -1.16. The number of carbonyl (C=O) groups is 3. The van der Waals surface area contributed by atoms with Gasteiger partial charge in [-0.1, -0.05) is 39.8 Å². The Balaban J connectivity index is 2.09. The zero-order valence-electron chi connectivity index (χ0n) is 25.1. The summed E-state index contributed by atoms with van der Waals surface area (Å²) in [7, 11) is 0. The van der Waals surface area contributed by atoms with Crippen molar-refractivity contribution in [1.29, 1.82) is 0 Å². The number of ether oxygens (including phenoxy) is 2. The summed E-state index contributed by atoms with van der Waals surface area (Å²) in [6, 6.07) is -1.57. The number of rotatable bonds is 13. The molecular formula is C31H50N2O6. The van der Waals surface area contributed by atoms with E-state index in [9.17, 15) is 19.5 Å². The molecule has 2 bridgehead atoms. The lowest BCUT2D eigenvalue weighted by Gasteiger charge is -2.46. The highest BCUT2D eigenvalue weighted by Crippen LogP contribution is 2.65. The van der Waals surface area contributed by atoms with Crippen molar-refractivity contribution in [3.05, 3.63) is 25.3 Å². The van der Waals surface area contributed by atoms with E-state index in [0.29, 0.717) is 32.2 Å². The van der Waals surface area contributed by atoms with Crippen LogP contribution >= 0.6 is 0 Å². The Kier molecular flexibility index (Phi) is 9.13. The first-order valence-electron chi connectivity index (χ1n) is 14.5. The fourth-order valence-corrected chi connectivity index (χ4v) is 7.65. The highest BCUT2D eigenvalue weighted by Gasteiger charge is 2.79. The van der Waals surface area contributed by atoms with Crippen molar-refractivity contribution in [3.63, 3.8) is 0 Å². The van der Waals surface area contributed by atoms with Crippen molar-refractivity contribution < 1.29 is 29.0 Å². The van der Waals surface area contributed by atoms with Crippen molar-refractivity contribution >= 4 is 17.8 Å². The molecule has 3 fully saturated rings. The zero-order chi connectivity index (χ0) is 29.4. The third kappa shape index (κ3) is 5.43. The van der Waals surface area contributed by atoms with E-state index in [0.717, 1.165) is 12.8 Å². The number of hydrogen-bond acceptors (Lipinski definition) is 6. The quantitative estimate of drug-likeness (QED) is 0.211. The second kappa shape index (κ2) is 11.4. The van der Waals surface area contributed by atoms with Gasteiger partial charge in [0.05, 0.1) is 30.8 Å². The minimum absolute atomic E-state index is 0.0529. The van der Waals surface area contributed by atoms with E-state index in [-0.39, 0.29) is 30.4 Å². The van der Waals surface area contributed by atoms with Crippen LogP contribution < -0.4 is 0 Å². The predicted molar refractivity (Wildman–Crippen MR) is 151 cm³/mol. The molecule has 2 unspecified atom stereocenters. The van der Waals surface area contributed by atoms with E-state index in [1.807, 2.05) is 20.8 Å². The molecule has 8 heteroatoms. The maximum absolute atomic E-state index is 14.7. The summed E-state index contributed by atoms with van der Waals surface area (Å²) in [5.41, 5.74) is -2.61. The van der Waals surface area contributed by atoms with E-state index in [1.165, 1.54) is 4.90 Å². The highest BCUT2D eigenvalue weighted by atomic mass is 16.6. The Labute approximate surface area is 234 Å². The standard InChI is InChI=1S/C31H50N2O6/c1-10-13-14-18-38-27(37)23-22-25(35)33(21(4)19-34)24(31(22)16-15-30(23,12-3)39-31)26(36)32(17-11-2)29(8,9)20-28(5,6)7/h10-11,21-24,34H,1-2,12-20H2,3-9H3/t21-,22+,23-,24?,30+,31?/m1/s1. The van der Waals surface area contributed by atoms with Crippen LogP contribution in [0.25, 0.3) is 0 Å². The number of carbonyl (C=O) groups excluding carboxylic acids is 3. The summed E-state index contributed by atoms with van der Waals surface area (Å²) in [4.78, 5) is 45.8. The number of likely N-dealkylation sites (tertiary alicyclic amines) is 1. The molecule has 0 aromatic heterocycles. The molecule has 220 valence electrons. The number of aliphatic hydroxyl groups excluding tert-OH is 1. The normalized spacial score (nSPS) is 30.7. The number of hydrogen-bond donors (Lipinski definition) is 1. The zero-order valence-corrected chi connectivity index (χ0v) is 25.1. The summed E-state index contributed by atoms with van der Waals surface area (Å²) in [6.45, 7) is 22.0. The van der Waals surface area contributed by atoms with Gasteiger partial charge in [-0.25, -0.2) is 0 Å². The van der Waals surface area contributed by atoms with Gasteiger partial charge in [-0.2, -0.15) is 0 Å². The summed E-state index contributed by atoms with van der Waals surface area (Å²) in [5.74, 6) is -2.62. The van der Waals surface area contributed by atoms with Crippen LogP contribution in [0.2, 0.25) is 0 Å². The van der Waals surface area contributed by atoms with Crippen molar-refractivity contribution in [3.8, 4) is 0 Å². The number of esters is 1. The van der Waals surface area contributed by atoms with Gasteiger partial charge in [0.1, 0.15) is 17.6 Å². The molecule has 3 aliphatic rings. The molecule has 2 amide bonds. The second-order valence-electron chi connectivity index (χ2n) is 13.5. The summed E-state index contributed by atoms with van der Waals surface area (Å²) < 4.78 is 12.5. The fourth-order valence-electron chi connectivity index (χ4n) is 7.65. The molecule has 0 aromatic carbocycles. The molecular weight excluding hydrogens is 496 g/mol. The van der Waals surface area contributed by atoms with Crippen molar-refractivity contribution in [1.82, 2.24) is 9.80 Å². The van der Waals surface area contributed by atoms with Gasteiger partial charge in [0.15, 0.2) is 0 Å². The molecule has 0 saturated carbocycles. The third-order valence-electron chi connectivity index (χ3n) is 8.91. The molecule has 1 N–H and O–H groups in total. The predicted octanol–water partition coefficient (Wildman–Crippen LogP) is 4.26. The molecule has 3 aliphatic heterocycles. The van der Waals surface area contributed by atoms with Crippen LogP contribution in [0, 0.1) is 17.3 Å². The Morgan fingerprint density at radius 3 is 2.44 bits per heavy atom. The van der Waals surface area contributed by atoms with Crippen LogP contribution in [0.3, 0.4) is 0 Å². The highest BCUT2D eigenvalue weighted by molar-refractivity contribution is 5.99. The smallest absolute Gasteiger partial charge is 0.312 e. The first-order valence-corrected chi connectivity index (χ1v) is 14.5. The Morgan fingerprint density at radius 2 is 1.90 bits per heavy atom. The van der Waals surface area contributed by atoms with Crippen molar-refractivity contribution in [2.75, 3.05) is 19.8 Å². The summed E-state index contributed by atoms with van der Waals surface area (Å²) >= 11 is 0. The van der Waals surface area contributed by atoms with E-state index >= 15 is 0 Å². The van der Waals surface area contributed by atoms with Gasteiger partial charge in [0, 0.05) is 12.1 Å². The van der Waals surface area contributed by atoms with E-state index in [4.69, 9.17) is 9.47 Å².